The Morgan fingerprint density at radius 3 is 1.57 bits per heavy atom. The lowest BCUT2D eigenvalue weighted by Gasteiger charge is -2.01. The highest BCUT2D eigenvalue weighted by molar-refractivity contribution is 4.92. The highest BCUT2D eigenvalue weighted by atomic mass is 16.3. The lowest BCUT2D eigenvalue weighted by atomic mass is 10.0. The molecule has 2 aliphatic carbocycles. The topological polar surface area (TPSA) is 20.2 Å². The van der Waals surface area contributed by atoms with Gasteiger partial charge in [0.25, 0.3) is 0 Å². The third kappa shape index (κ3) is 12.0. The summed E-state index contributed by atoms with van der Waals surface area (Å²) in [6, 6.07) is 0. The van der Waals surface area contributed by atoms with Gasteiger partial charge in [-0.05, 0) is 56.8 Å². The summed E-state index contributed by atoms with van der Waals surface area (Å²) in [6.45, 7) is 15.0. The number of hydrogen-bond donors (Lipinski definition) is 1. The monoisotopic (exact) mass is 296 g/mol. The molecule has 0 heterocycles. The smallest absolute Gasteiger partial charge is 0.0649 e. The van der Waals surface area contributed by atoms with E-state index in [9.17, 15) is 0 Å². The average Bonchev–Trinajstić information content (AvgIpc) is 3.33. The minimum atomic E-state index is -0.200. The van der Waals surface area contributed by atoms with Gasteiger partial charge in [0, 0.05) is 0 Å². The molecule has 0 saturated heterocycles. The van der Waals surface area contributed by atoms with Crippen molar-refractivity contribution in [3.63, 3.8) is 0 Å². The summed E-state index contributed by atoms with van der Waals surface area (Å²) in [5.41, 5.74) is 1.98. The highest BCUT2D eigenvalue weighted by Gasteiger charge is 2.38. The maximum atomic E-state index is 9.13. The van der Waals surface area contributed by atoms with E-state index < -0.39 is 0 Å². The average molecular weight is 297 g/mol. The lowest BCUT2D eigenvalue weighted by Crippen LogP contribution is -2.03. The largest absolute Gasteiger partial charge is 0.390 e. The van der Waals surface area contributed by atoms with E-state index in [2.05, 4.69) is 41.2 Å². The quantitative estimate of drug-likeness (QED) is 0.521. The lowest BCUT2D eigenvalue weighted by molar-refractivity contribution is 0.139. The van der Waals surface area contributed by atoms with Crippen molar-refractivity contribution in [3.05, 3.63) is 12.2 Å². The Hall–Kier alpha value is -0.300. The van der Waals surface area contributed by atoms with Gasteiger partial charge in [-0.3, -0.25) is 0 Å². The molecular formula is C20H40O. The number of hydrogen-bond acceptors (Lipinski definition) is 1. The molecule has 0 aliphatic heterocycles. The summed E-state index contributed by atoms with van der Waals surface area (Å²) in [7, 11) is 0. The van der Waals surface area contributed by atoms with Crippen molar-refractivity contribution in [3.8, 4) is 0 Å². The fourth-order valence-electron chi connectivity index (χ4n) is 2.46. The van der Waals surface area contributed by atoms with Crippen LogP contribution in [0, 0.1) is 5.41 Å². The van der Waals surface area contributed by atoms with Crippen LogP contribution in [0.15, 0.2) is 12.2 Å². The summed E-state index contributed by atoms with van der Waals surface area (Å²) < 4.78 is 0. The fourth-order valence-corrected chi connectivity index (χ4v) is 2.46. The molecule has 0 bridgehead atoms. The van der Waals surface area contributed by atoms with Gasteiger partial charge < -0.3 is 5.11 Å². The van der Waals surface area contributed by atoms with Crippen LogP contribution >= 0.6 is 0 Å². The Morgan fingerprint density at radius 2 is 1.43 bits per heavy atom. The van der Waals surface area contributed by atoms with Gasteiger partial charge in [0.2, 0.25) is 0 Å². The zero-order chi connectivity index (χ0) is 16.4. The van der Waals surface area contributed by atoms with E-state index in [1.807, 2.05) is 0 Å². The van der Waals surface area contributed by atoms with Crippen molar-refractivity contribution < 1.29 is 5.11 Å². The predicted octanol–water partition coefficient (Wildman–Crippen LogP) is 6.65. The van der Waals surface area contributed by atoms with E-state index in [0.717, 1.165) is 37.5 Å². The Labute approximate surface area is 134 Å². The van der Waals surface area contributed by atoms with Gasteiger partial charge in [-0.1, -0.05) is 66.0 Å². The van der Waals surface area contributed by atoms with E-state index in [1.165, 1.54) is 44.1 Å². The SMILES string of the molecule is C=C(CC)CCC.CCCC1(C)CC1.CCCC1(O)CC1. The molecule has 21 heavy (non-hydrogen) atoms. The second-order valence-corrected chi connectivity index (χ2v) is 7.39. The van der Waals surface area contributed by atoms with E-state index in [4.69, 9.17) is 5.11 Å². The predicted molar refractivity (Wildman–Crippen MR) is 95.7 cm³/mol. The van der Waals surface area contributed by atoms with Crippen molar-refractivity contribution in [2.45, 2.75) is 111 Å². The molecule has 1 heteroatoms. The van der Waals surface area contributed by atoms with Crippen LogP contribution in [0.5, 0.6) is 0 Å². The molecule has 2 fully saturated rings. The van der Waals surface area contributed by atoms with Crippen molar-refractivity contribution in [2.75, 3.05) is 0 Å². The molecule has 0 unspecified atom stereocenters. The van der Waals surface area contributed by atoms with E-state index in [-0.39, 0.29) is 5.60 Å². The molecule has 2 rings (SSSR count). The molecule has 126 valence electrons. The maximum Gasteiger partial charge on any atom is 0.0649 e. The van der Waals surface area contributed by atoms with Gasteiger partial charge in [-0.15, -0.1) is 0 Å². The van der Waals surface area contributed by atoms with Crippen LogP contribution in [-0.2, 0) is 0 Å². The minimum absolute atomic E-state index is 0.200. The first-order valence-electron chi connectivity index (χ1n) is 9.23. The Bertz CT molecular complexity index is 252. The van der Waals surface area contributed by atoms with Crippen LogP contribution in [0.25, 0.3) is 0 Å². The normalized spacial score (nSPS) is 19.5. The van der Waals surface area contributed by atoms with Gasteiger partial charge in [-0.25, -0.2) is 0 Å². The third-order valence-corrected chi connectivity index (χ3v) is 4.60. The second kappa shape index (κ2) is 10.4. The second-order valence-electron chi connectivity index (χ2n) is 7.39. The van der Waals surface area contributed by atoms with Crippen LogP contribution < -0.4 is 0 Å². The summed E-state index contributed by atoms with van der Waals surface area (Å²) in [5.74, 6) is 0. The van der Waals surface area contributed by atoms with Crippen LogP contribution in [0.2, 0.25) is 0 Å². The summed E-state index contributed by atoms with van der Waals surface area (Å²) in [5, 5.41) is 9.13. The fraction of sp³-hybridized carbons (Fsp3) is 0.900. The molecular weight excluding hydrogens is 256 g/mol. The first kappa shape index (κ1) is 20.7. The minimum Gasteiger partial charge on any atom is -0.390 e. The van der Waals surface area contributed by atoms with E-state index in [1.54, 1.807) is 0 Å². The maximum absolute atomic E-state index is 9.13. The van der Waals surface area contributed by atoms with Gasteiger partial charge in [0.15, 0.2) is 0 Å². The van der Waals surface area contributed by atoms with E-state index >= 15 is 0 Å². The molecule has 0 radical (unpaired) electrons. The molecule has 0 aromatic heterocycles. The first-order valence-corrected chi connectivity index (χ1v) is 9.23. The Morgan fingerprint density at radius 1 is 0.905 bits per heavy atom. The molecule has 1 N–H and O–H groups in total. The molecule has 1 nitrogen and oxygen atoms in total. The Balaban J connectivity index is 0.000000286. The summed E-state index contributed by atoms with van der Waals surface area (Å²) in [4.78, 5) is 0. The van der Waals surface area contributed by atoms with Crippen LogP contribution in [-0.4, -0.2) is 10.7 Å². The third-order valence-electron chi connectivity index (χ3n) is 4.60. The number of rotatable bonds is 7. The van der Waals surface area contributed by atoms with Gasteiger partial charge >= 0.3 is 0 Å². The standard InChI is InChI=1S/2C7H14.C6H12O/c1-3-4-7(2)5-6-7;1-4-6-7(3)5-2;1-2-3-6(7)4-5-6/h2*3-6H2,1-2H3;7H,2-5H2,1H3. The molecule has 0 atom stereocenters. The van der Waals surface area contributed by atoms with Gasteiger partial charge in [0.05, 0.1) is 5.60 Å². The number of aliphatic hydroxyl groups is 1. The van der Waals surface area contributed by atoms with Crippen LogP contribution in [0.1, 0.15) is 105 Å². The summed E-state index contributed by atoms with van der Waals surface area (Å²) in [6.07, 6.45) is 13.6. The van der Waals surface area contributed by atoms with Crippen molar-refractivity contribution in [1.29, 1.82) is 0 Å². The molecule has 0 aromatic carbocycles. The summed E-state index contributed by atoms with van der Waals surface area (Å²) >= 11 is 0. The van der Waals surface area contributed by atoms with Gasteiger partial charge in [-0.2, -0.15) is 0 Å². The van der Waals surface area contributed by atoms with Crippen LogP contribution in [0.3, 0.4) is 0 Å². The highest BCUT2D eigenvalue weighted by Crippen LogP contribution is 2.48. The zero-order valence-corrected chi connectivity index (χ0v) is 15.4. The molecule has 0 aromatic rings. The zero-order valence-electron chi connectivity index (χ0n) is 15.4. The van der Waals surface area contributed by atoms with Crippen molar-refractivity contribution >= 4 is 0 Å². The van der Waals surface area contributed by atoms with Crippen molar-refractivity contribution in [2.24, 2.45) is 5.41 Å². The molecule has 0 spiro atoms. The van der Waals surface area contributed by atoms with E-state index in [0.29, 0.717) is 0 Å². The van der Waals surface area contributed by atoms with Gasteiger partial charge in [0.1, 0.15) is 0 Å². The Kier molecular flexibility index (Phi) is 10.3. The molecule has 2 saturated carbocycles. The molecule has 2 aliphatic rings. The first-order chi connectivity index (χ1) is 9.84. The number of allylic oxidation sites excluding steroid dienone is 1. The van der Waals surface area contributed by atoms with Crippen molar-refractivity contribution in [1.82, 2.24) is 0 Å². The van der Waals surface area contributed by atoms with Crippen LogP contribution in [0.4, 0.5) is 0 Å². The molecule has 0 amide bonds.